The van der Waals surface area contributed by atoms with Crippen molar-refractivity contribution in [3.8, 4) is 0 Å². The maximum Gasteiger partial charge on any atom is 0.143 e. The Morgan fingerprint density at radius 3 is 2.10 bits per heavy atom. The van der Waals surface area contributed by atoms with Gasteiger partial charge in [0.15, 0.2) is 0 Å². The van der Waals surface area contributed by atoms with Crippen LogP contribution < -0.4 is 5.30 Å². The highest BCUT2D eigenvalue weighted by molar-refractivity contribution is 8.63. The van der Waals surface area contributed by atoms with Gasteiger partial charge in [0, 0.05) is 5.30 Å². The molecule has 0 saturated carbocycles. The molecule has 0 saturated heterocycles. The molecule has 54 valence electrons. The van der Waals surface area contributed by atoms with E-state index in [-0.39, 0.29) is 0 Å². The van der Waals surface area contributed by atoms with E-state index in [1.54, 1.807) is 12.1 Å². The van der Waals surface area contributed by atoms with E-state index >= 15 is 0 Å². The van der Waals surface area contributed by atoms with Crippen LogP contribution in [0, 0.1) is 0 Å². The average molecular weight is 190 g/mol. The fraction of sp³-hybridized carbons (Fsp3) is 0. The zero-order valence-electron chi connectivity index (χ0n) is 5.14. The number of hydrogen-bond acceptors (Lipinski definition) is 1. The molecule has 1 nitrogen and oxygen atoms in total. The van der Waals surface area contributed by atoms with Crippen molar-refractivity contribution in [3.63, 3.8) is 0 Å². The molecule has 0 amide bonds. The first-order valence-electron chi connectivity index (χ1n) is 2.72. The summed E-state index contributed by atoms with van der Waals surface area (Å²) < 4.78 is 0. The molecule has 1 rings (SSSR count). The minimum absolute atomic E-state index is 0.744. The Morgan fingerprint density at radius 2 is 1.80 bits per heavy atom. The summed E-state index contributed by atoms with van der Waals surface area (Å²) in [7, 11) is 0. The van der Waals surface area contributed by atoms with Gasteiger partial charge < -0.3 is 4.89 Å². The Bertz CT molecular complexity index is 254. The fourth-order valence-electron chi connectivity index (χ4n) is 0.622. The molecule has 0 radical (unpaired) electrons. The molecule has 4 heteroatoms. The Kier molecular flexibility index (Phi) is 2.53. The van der Waals surface area contributed by atoms with Gasteiger partial charge >= 0.3 is 0 Å². The van der Waals surface area contributed by atoms with Crippen molar-refractivity contribution in [1.82, 2.24) is 0 Å². The van der Waals surface area contributed by atoms with E-state index in [4.69, 9.17) is 11.8 Å². The summed E-state index contributed by atoms with van der Waals surface area (Å²) in [5.74, 6) is 0. The smallest absolute Gasteiger partial charge is 0.143 e. The lowest BCUT2D eigenvalue weighted by Crippen LogP contribution is -1.96. The van der Waals surface area contributed by atoms with Gasteiger partial charge in [0.2, 0.25) is 0 Å². The highest BCUT2D eigenvalue weighted by Crippen LogP contribution is 2.44. The minimum atomic E-state index is -2.49. The Morgan fingerprint density at radius 1 is 1.30 bits per heavy atom. The summed E-state index contributed by atoms with van der Waals surface area (Å²) in [5, 5.41) is 0.744. The van der Waals surface area contributed by atoms with E-state index < -0.39 is 5.47 Å². The van der Waals surface area contributed by atoms with Gasteiger partial charge in [-0.1, -0.05) is 42.1 Å². The molecule has 0 aliphatic heterocycles. The lowest BCUT2D eigenvalue weighted by atomic mass is 10.4. The molecule has 0 fully saturated rings. The average Bonchev–Trinajstić information content (AvgIpc) is 1.88. The summed E-state index contributed by atoms with van der Waals surface area (Å²) in [6.07, 6.45) is 0. The number of hydrogen-bond donors (Lipinski definition) is 2. The monoisotopic (exact) mass is 190 g/mol. The highest BCUT2D eigenvalue weighted by atomic mass is 32.9. The van der Waals surface area contributed by atoms with E-state index in [0.29, 0.717) is 0 Å². The van der Waals surface area contributed by atoms with Crippen LogP contribution >= 0.6 is 17.7 Å². The zero-order valence-corrected chi connectivity index (χ0v) is 7.74. The molecule has 1 atom stereocenters. The van der Waals surface area contributed by atoms with E-state index in [9.17, 15) is 4.89 Å². The Hall–Kier alpha value is 0.180. The summed E-state index contributed by atoms with van der Waals surface area (Å²) in [4.78, 5) is 9.28. The van der Waals surface area contributed by atoms with Gasteiger partial charge in [0.1, 0.15) is 5.47 Å². The molecule has 0 bridgehead atoms. The lowest BCUT2D eigenvalue weighted by molar-refractivity contribution is 0.649. The van der Waals surface area contributed by atoms with Gasteiger partial charge in [-0.05, 0) is 0 Å². The Labute approximate surface area is 70.3 Å². The molecule has 1 aromatic carbocycles. The first kappa shape index (κ1) is 8.28. The quantitative estimate of drug-likeness (QED) is 0.517. The van der Waals surface area contributed by atoms with Gasteiger partial charge in [-0.2, -0.15) is 0 Å². The van der Waals surface area contributed by atoms with Crippen LogP contribution in [-0.2, 0) is 11.8 Å². The lowest BCUT2D eigenvalue weighted by Gasteiger charge is -2.05. The first-order valence-corrected chi connectivity index (χ1v) is 6.62. The van der Waals surface area contributed by atoms with Crippen molar-refractivity contribution in [2.24, 2.45) is 0 Å². The van der Waals surface area contributed by atoms with Crippen LogP contribution in [0.4, 0.5) is 0 Å². The SMILES string of the molecule is OP(=S)(S)c1ccccc1. The molecule has 0 heterocycles. The van der Waals surface area contributed by atoms with Gasteiger partial charge in [-0.3, -0.25) is 0 Å². The van der Waals surface area contributed by atoms with E-state index in [1.807, 2.05) is 18.2 Å². The molecular weight excluding hydrogens is 183 g/mol. The molecule has 1 aromatic rings. The molecular formula is C6H7OPS2. The van der Waals surface area contributed by atoms with E-state index in [2.05, 4.69) is 12.2 Å². The van der Waals surface area contributed by atoms with Crippen LogP contribution in [0.1, 0.15) is 0 Å². The van der Waals surface area contributed by atoms with Crippen molar-refractivity contribution < 1.29 is 4.89 Å². The van der Waals surface area contributed by atoms with Crippen LogP contribution in [0.25, 0.3) is 0 Å². The first-order chi connectivity index (χ1) is 4.61. The maximum atomic E-state index is 9.28. The zero-order chi connectivity index (χ0) is 7.61. The molecule has 1 N–H and O–H groups in total. The molecule has 0 aromatic heterocycles. The van der Waals surface area contributed by atoms with Gasteiger partial charge in [0.05, 0.1) is 0 Å². The third-order valence-corrected chi connectivity index (χ3v) is 3.39. The summed E-state index contributed by atoms with van der Waals surface area (Å²) in [6, 6.07) is 9.12. The largest absolute Gasteiger partial charge is 0.354 e. The normalized spacial score (nSPS) is 16.2. The molecule has 0 spiro atoms. The van der Waals surface area contributed by atoms with Crippen molar-refractivity contribution in [2.45, 2.75) is 0 Å². The third-order valence-electron chi connectivity index (χ3n) is 1.09. The van der Waals surface area contributed by atoms with Crippen molar-refractivity contribution >= 4 is 34.8 Å². The molecule has 1 unspecified atom stereocenters. The standard InChI is InChI=1S/C6H7OPS2/c7-8(9,10)6-4-2-1-3-5-6/h1-5H,(H2,7,9,10). The summed E-state index contributed by atoms with van der Waals surface area (Å²) in [5.41, 5.74) is -2.49. The Balaban J connectivity index is 3.09. The van der Waals surface area contributed by atoms with E-state index in [1.165, 1.54) is 0 Å². The predicted octanol–water partition coefficient (Wildman–Crippen LogP) is 1.54. The van der Waals surface area contributed by atoms with Gasteiger partial charge in [0.25, 0.3) is 0 Å². The van der Waals surface area contributed by atoms with Crippen LogP contribution in [-0.4, -0.2) is 4.89 Å². The van der Waals surface area contributed by atoms with Crippen molar-refractivity contribution in [3.05, 3.63) is 30.3 Å². The van der Waals surface area contributed by atoms with Crippen molar-refractivity contribution in [2.75, 3.05) is 0 Å². The van der Waals surface area contributed by atoms with Crippen LogP contribution in [0.5, 0.6) is 0 Å². The molecule has 0 aliphatic rings. The van der Waals surface area contributed by atoms with Gasteiger partial charge in [-0.25, -0.2) is 0 Å². The second-order valence-corrected chi connectivity index (χ2v) is 7.62. The maximum absolute atomic E-state index is 9.28. The number of thiol groups is 1. The summed E-state index contributed by atoms with van der Waals surface area (Å²) in [6.45, 7) is 0. The third kappa shape index (κ3) is 2.10. The minimum Gasteiger partial charge on any atom is -0.354 e. The van der Waals surface area contributed by atoms with Crippen molar-refractivity contribution in [1.29, 1.82) is 0 Å². The molecule has 0 aliphatic carbocycles. The topological polar surface area (TPSA) is 20.2 Å². The highest BCUT2D eigenvalue weighted by Gasteiger charge is 2.06. The van der Waals surface area contributed by atoms with Crippen LogP contribution in [0.15, 0.2) is 30.3 Å². The number of rotatable bonds is 1. The predicted molar refractivity (Wildman–Crippen MR) is 51.6 cm³/mol. The second kappa shape index (κ2) is 3.05. The van der Waals surface area contributed by atoms with Crippen LogP contribution in [0.2, 0.25) is 0 Å². The molecule has 10 heavy (non-hydrogen) atoms. The van der Waals surface area contributed by atoms with E-state index in [0.717, 1.165) is 5.30 Å². The second-order valence-electron chi connectivity index (χ2n) is 1.88. The fourth-order valence-corrected chi connectivity index (χ4v) is 1.95. The summed E-state index contributed by atoms with van der Waals surface area (Å²) >= 11 is 8.71. The number of benzene rings is 1. The van der Waals surface area contributed by atoms with Crippen LogP contribution in [0.3, 0.4) is 0 Å². The van der Waals surface area contributed by atoms with Gasteiger partial charge in [-0.15, -0.1) is 12.2 Å².